The molecule has 0 N–H and O–H groups in total. The maximum Gasteiger partial charge on any atom is 0.293 e. The highest BCUT2D eigenvalue weighted by atomic mass is 35.5. The fourth-order valence-corrected chi connectivity index (χ4v) is 5.06. The number of benzene rings is 3. The van der Waals surface area contributed by atoms with Crippen molar-refractivity contribution in [2.45, 2.75) is 20.1 Å². The standard InChI is InChI=1S/C27H21ClN2O8S/c1-2-35-22-9-16(7-8-21(22)36-14-17-5-3-4-6-20(17)30(33)34)10-25-26(31)29(27(32)39-25)13-18-11-23-24(12-19(18)28)38-15-37-23/h3-12H,2,13-15H2,1H3/b25-10+. The van der Waals surface area contributed by atoms with Gasteiger partial charge in [-0.3, -0.25) is 24.6 Å². The van der Waals surface area contributed by atoms with Gasteiger partial charge in [0.2, 0.25) is 6.79 Å². The van der Waals surface area contributed by atoms with Crippen LogP contribution in [0.3, 0.4) is 0 Å². The zero-order valence-corrected chi connectivity index (χ0v) is 22.1. The van der Waals surface area contributed by atoms with Gasteiger partial charge in [0.05, 0.1) is 28.5 Å². The molecule has 3 aromatic rings. The number of amides is 2. The highest BCUT2D eigenvalue weighted by Gasteiger charge is 2.36. The van der Waals surface area contributed by atoms with Gasteiger partial charge in [0.1, 0.15) is 6.61 Å². The number of rotatable bonds is 9. The molecule has 2 heterocycles. The molecule has 5 rings (SSSR count). The van der Waals surface area contributed by atoms with Crippen LogP contribution in [0.4, 0.5) is 10.5 Å². The van der Waals surface area contributed by atoms with Crippen LogP contribution in [-0.4, -0.2) is 34.4 Å². The Labute approximate surface area is 232 Å². The lowest BCUT2D eigenvalue weighted by atomic mass is 10.1. The van der Waals surface area contributed by atoms with E-state index in [0.29, 0.717) is 51.3 Å². The van der Waals surface area contributed by atoms with Crippen molar-refractivity contribution in [1.82, 2.24) is 4.90 Å². The molecule has 39 heavy (non-hydrogen) atoms. The second-order valence-electron chi connectivity index (χ2n) is 8.38. The molecule has 0 aliphatic carbocycles. The summed E-state index contributed by atoms with van der Waals surface area (Å²) in [5.74, 6) is 1.35. The van der Waals surface area contributed by atoms with Gasteiger partial charge in [0, 0.05) is 17.2 Å². The molecule has 1 fully saturated rings. The van der Waals surface area contributed by atoms with Crippen molar-refractivity contribution in [3.05, 3.63) is 91.3 Å². The number of nitro groups is 1. The van der Waals surface area contributed by atoms with Crippen LogP contribution in [0.2, 0.25) is 5.02 Å². The third kappa shape index (κ3) is 5.64. The van der Waals surface area contributed by atoms with E-state index in [-0.39, 0.29) is 30.5 Å². The van der Waals surface area contributed by atoms with Crippen molar-refractivity contribution in [2.24, 2.45) is 0 Å². The summed E-state index contributed by atoms with van der Waals surface area (Å²) in [4.78, 5) is 38.0. The van der Waals surface area contributed by atoms with Crippen LogP contribution >= 0.6 is 23.4 Å². The molecule has 200 valence electrons. The Hall–Kier alpha value is -4.22. The number of carbonyl (C=O) groups is 2. The van der Waals surface area contributed by atoms with Gasteiger partial charge in [-0.25, -0.2) is 0 Å². The number of hydrogen-bond acceptors (Lipinski definition) is 9. The Kier molecular flexibility index (Phi) is 7.62. The van der Waals surface area contributed by atoms with Crippen LogP contribution < -0.4 is 18.9 Å². The smallest absolute Gasteiger partial charge is 0.293 e. The van der Waals surface area contributed by atoms with E-state index in [1.165, 1.54) is 6.07 Å². The van der Waals surface area contributed by atoms with Crippen LogP contribution in [0, 0.1) is 10.1 Å². The van der Waals surface area contributed by atoms with Crippen LogP contribution in [-0.2, 0) is 17.9 Å². The molecule has 12 heteroatoms. The summed E-state index contributed by atoms with van der Waals surface area (Å²) in [6, 6.07) is 14.6. The minimum Gasteiger partial charge on any atom is -0.490 e. The highest BCUT2D eigenvalue weighted by molar-refractivity contribution is 8.18. The van der Waals surface area contributed by atoms with Crippen molar-refractivity contribution in [3.8, 4) is 23.0 Å². The molecule has 2 aliphatic rings. The minimum absolute atomic E-state index is 0.0138. The molecule has 0 aromatic heterocycles. The Balaban J connectivity index is 1.33. The maximum atomic E-state index is 13.1. The van der Waals surface area contributed by atoms with Gasteiger partial charge >= 0.3 is 0 Å². The number of carbonyl (C=O) groups excluding carboxylic acids is 2. The van der Waals surface area contributed by atoms with Gasteiger partial charge in [0.15, 0.2) is 23.0 Å². The monoisotopic (exact) mass is 568 g/mol. The van der Waals surface area contributed by atoms with E-state index in [4.69, 9.17) is 30.5 Å². The second kappa shape index (κ2) is 11.3. The fourth-order valence-electron chi connectivity index (χ4n) is 4.01. The largest absolute Gasteiger partial charge is 0.490 e. The molecule has 0 unspecified atom stereocenters. The summed E-state index contributed by atoms with van der Waals surface area (Å²) in [6.45, 7) is 2.19. The molecule has 3 aromatic carbocycles. The lowest BCUT2D eigenvalue weighted by molar-refractivity contribution is -0.385. The molecular weight excluding hydrogens is 548 g/mol. The third-order valence-corrected chi connectivity index (χ3v) is 7.14. The van der Waals surface area contributed by atoms with E-state index in [1.807, 2.05) is 6.92 Å². The quantitative estimate of drug-likeness (QED) is 0.169. The predicted octanol–water partition coefficient (Wildman–Crippen LogP) is 6.19. The first-order chi connectivity index (χ1) is 18.8. The fraction of sp³-hybridized carbons (Fsp3) is 0.185. The van der Waals surface area contributed by atoms with Crippen molar-refractivity contribution in [3.63, 3.8) is 0 Å². The van der Waals surface area contributed by atoms with Crippen LogP contribution in [0.15, 0.2) is 59.5 Å². The van der Waals surface area contributed by atoms with Crippen LogP contribution in [0.25, 0.3) is 6.08 Å². The average Bonchev–Trinajstić information content (AvgIpc) is 3.47. The van der Waals surface area contributed by atoms with E-state index in [9.17, 15) is 19.7 Å². The minimum atomic E-state index is -0.460. The van der Waals surface area contributed by atoms with Gasteiger partial charge in [-0.05, 0) is 60.2 Å². The number of fused-ring (bicyclic) bond motifs is 1. The number of nitrogens with zero attached hydrogens (tertiary/aromatic N) is 2. The van der Waals surface area contributed by atoms with Gasteiger partial charge in [-0.15, -0.1) is 0 Å². The van der Waals surface area contributed by atoms with Crippen molar-refractivity contribution >= 4 is 46.3 Å². The maximum absolute atomic E-state index is 13.1. The Morgan fingerprint density at radius 2 is 1.82 bits per heavy atom. The summed E-state index contributed by atoms with van der Waals surface area (Å²) in [7, 11) is 0. The second-order valence-corrected chi connectivity index (χ2v) is 9.78. The Morgan fingerprint density at radius 1 is 1.05 bits per heavy atom. The number of hydrogen-bond donors (Lipinski definition) is 0. The van der Waals surface area contributed by atoms with Gasteiger partial charge in [-0.1, -0.05) is 29.8 Å². The first-order valence-corrected chi connectivity index (χ1v) is 13.0. The molecule has 0 radical (unpaired) electrons. The molecule has 0 saturated carbocycles. The molecular formula is C27H21ClN2O8S. The first kappa shape index (κ1) is 26.4. The van der Waals surface area contributed by atoms with E-state index in [1.54, 1.807) is 54.6 Å². The molecule has 0 spiro atoms. The summed E-state index contributed by atoms with van der Waals surface area (Å²) < 4.78 is 22.2. The number of halogens is 1. The van der Waals surface area contributed by atoms with E-state index >= 15 is 0 Å². The lowest BCUT2D eigenvalue weighted by Crippen LogP contribution is -2.27. The highest BCUT2D eigenvalue weighted by Crippen LogP contribution is 2.40. The molecule has 2 aliphatic heterocycles. The lowest BCUT2D eigenvalue weighted by Gasteiger charge is -2.14. The van der Waals surface area contributed by atoms with Gasteiger partial charge in [-0.2, -0.15) is 0 Å². The zero-order chi connectivity index (χ0) is 27.5. The number of ether oxygens (including phenoxy) is 4. The summed E-state index contributed by atoms with van der Waals surface area (Å²) >= 11 is 7.16. The average molecular weight is 569 g/mol. The van der Waals surface area contributed by atoms with E-state index in [0.717, 1.165) is 16.7 Å². The van der Waals surface area contributed by atoms with Crippen molar-refractivity contribution < 1.29 is 33.5 Å². The zero-order valence-electron chi connectivity index (χ0n) is 20.5. The third-order valence-electron chi connectivity index (χ3n) is 5.88. The SMILES string of the molecule is CCOc1cc(/C=C2/SC(=O)N(Cc3cc4c(cc3Cl)OCO4)C2=O)ccc1OCc1ccccc1[N+](=O)[O-]. The summed E-state index contributed by atoms with van der Waals surface area (Å²) in [6.07, 6.45) is 1.60. The van der Waals surface area contributed by atoms with Crippen LogP contribution in [0.5, 0.6) is 23.0 Å². The normalized spacial score (nSPS) is 15.2. The van der Waals surface area contributed by atoms with Crippen molar-refractivity contribution in [1.29, 1.82) is 0 Å². The molecule has 10 nitrogen and oxygen atoms in total. The van der Waals surface area contributed by atoms with E-state index in [2.05, 4.69) is 0 Å². The molecule has 1 saturated heterocycles. The predicted molar refractivity (Wildman–Crippen MR) is 144 cm³/mol. The van der Waals surface area contributed by atoms with Crippen LogP contribution in [0.1, 0.15) is 23.6 Å². The Morgan fingerprint density at radius 3 is 2.59 bits per heavy atom. The molecule has 2 amide bonds. The number of thioether (sulfide) groups is 1. The van der Waals surface area contributed by atoms with E-state index < -0.39 is 16.1 Å². The molecule has 0 atom stereocenters. The van der Waals surface area contributed by atoms with Gasteiger partial charge < -0.3 is 18.9 Å². The number of para-hydroxylation sites is 1. The Bertz CT molecular complexity index is 1510. The summed E-state index contributed by atoms with van der Waals surface area (Å²) in [5, 5.41) is 11.2. The number of imide groups is 1. The number of nitro benzene ring substituents is 1. The van der Waals surface area contributed by atoms with Gasteiger partial charge in [0.25, 0.3) is 16.8 Å². The summed E-state index contributed by atoms with van der Waals surface area (Å²) in [5.41, 5.74) is 1.56. The first-order valence-electron chi connectivity index (χ1n) is 11.8. The molecule has 0 bridgehead atoms. The topological polar surface area (TPSA) is 117 Å². The van der Waals surface area contributed by atoms with Crippen molar-refractivity contribution in [2.75, 3.05) is 13.4 Å².